The van der Waals surface area contributed by atoms with E-state index < -0.39 is 0 Å². The maximum atomic E-state index is 12.9. The first kappa shape index (κ1) is 17.3. The summed E-state index contributed by atoms with van der Waals surface area (Å²) >= 11 is 0. The molecule has 1 amide bonds. The fourth-order valence-electron chi connectivity index (χ4n) is 4.25. The standard InChI is InChI=1S/C23H28N2O/c1-23(2)15-19(23)22(26)25-12-11-20(24)21(25)14-16-7-6-10-18(13-16)17-8-4-3-5-9-17/h3-10,13,19-21H,11-12,14-15,24H2,1-2H3. The van der Waals surface area contributed by atoms with Gasteiger partial charge < -0.3 is 10.6 Å². The van der Waals surface area contributed by atoms with Crippen molar-refractivity contribution in [1.29, 1.82) is 0 Å². The summed E-state index contributed by atoms with van der Waals surface area (Å²) in [5.74, 6) is 0.498. The van der Waals surface area contributed by atoms with E-state index in [-0.39, 0.29) is 23.4 Å². The third-order valence-electron chi connectivity index (χ3n) is 6.17. The molecule has 1 saturated carbocycles. The van der Waals surface area contributed by atoms with Crippen LogP contribution in [-0.2, 0) is 11.2 Å². The fourth-order valence-corrected chi connectivity index (χ4v) is 4.25. The summed E-state index contributed by atoms with van der Waals surface area (Å²) in [5.41, 5.74) is 10.3. The predicted molar refractivity (Wildman–Crippen MR) is 106 cm³/mol. The summed E-state index contributed by atoms with van der Waals surface area (Å²) in [5, 5.41) is 0. The quantitative estimate of drug-likeness (QED) is 0.912. The van der Waals surface area contributed by atoms with Crippen LogP contribution in [-0.4, -0.2) is 29.4 Å². The molecule has 26 heavy (non-hydrogen) atoms. The van der Waals surface area contributed by atoms with Gasteiger partial charge in [0.25, 0.3) is 0 Å². The van der Waals surface area contributed by atoms with E-state index in [0.29, 0.717) is 5.91 Å². The Kier molecular flexibility index (Phi) is 4.36. The van der Waals surface area contributed by atoms with Gasteiger partial charge in [0.2, 0.25) is 5.91 Å². The molecule has 1 saturated heterocycles. The van der Waals surface area contributed by atoms with Gasteiger partial charge in [0.15, 0.2) is 0 Å². The zero-order valence-electron chi connectivity index (χ0n) is 15.7. The topological polar surface area (TPSA) is 46.3 Å². The maximum Gasteiger partial charge on any atom is 0.226 e. The smallest absolute Gasteiger partial charge is 0.226 e. The molecule has 1 aliphatic carbocycles. The highest BCUT2D eigenvalue weighted by atomic mass is 16.2. The lowest BCUT2D eigenvalue weighted by molar-refractivity contribution is -0.134. The minimum Gasteiger partial charge on any atom is -0.338 e. The number of nitrogens with two attached hydrogens (primary N) is 1. The third-order valence-corrected chi connectivity index (χ3v) is 6.17. The van der Waals surface area contributed by atoms with Gasteiger partial charge in [-0.25, -0.2) is 0 Å². The van der Waals surface area contributed by atoms with E-state index in [2.05, 4.69) is 67.3 Å². The zero-order chi connectivity index (χ0) is 18.3. The molecule has 2 N–H and O–H groups in total. The lowest BCUT2D eigenvalue weighted by Crippen LogP contribution is -2.45. The first-order chi connectivity index (χ1) is 12.5. The highest BCUT2D eigenvalue weighted by Gasteiger charge is 2.53. The number of hydrogen-bond donors (Lipinski definition) is 1. The molecular weight excluding hydrogens is 320 g/mol. The van der Waals surface area contributed by atoms with E-state index in [4.69, 9.17) is 5.73 Å². The van der Waals surface area contributed by atoms with Crippen LogP contribution in [0.3, 0.4) is 0 Å². The van der Waals surface area contributed by atoms with Gasteiger partial charge in [0, 0.05) is 18.5 Å². The van der Waals surface area contributed by atoms with Crippen LogP contribution >= 0.6 is 0 Å². The van der Waals surface area contributed by atoms with Crippen LogP contribution in [0.5, 0.6) is 0 Å². The van der Waals surface area contributed by atoms with Crippen molar-refractivity contribution in [2.75, 3.05) is 6.54 Å². The Balaban J connectivity index is 1.53. The van der Waals surface area contributed by atoms with Crippen molar-refractivity contribution < 1.29 is 4.79 Å². The number of benzene rings is 2. The highest BCUT2D eigenvalue weighted by Crippen LogP contribution is 2.53. The van der Waals surface area contributed by atoms with Crippen LogP contribution in [0.15, 0.2) is 54.6 Å². The monoisotopic (exact) mass is 348 g/mol. The van der Waals surface area contributed by atoms with Crippen molar-refractivity contribution in [2.24, 2.45) is 17.1 Å². The van der Waals surface area contributed by atoms with Gasteiger partial charge in [-0.05, 0) is 41.4 Å². The Hall–Kier alpha value is -2.13. The fraction of sp³-hybridized carbons (Fsp3) is 0.435. The Morgan fingerprint density at radius 3 is 2.50 bits per heavy atom. The summed E-state index contributed by atoms with van der Waals surface area (Å²) in [7, 11) is 0. The summed E-state index contributed by atoms with van der Waals surface area (Å²) in [6, 6.07) is 19.2. The normalized spacial score (nSPS) is 26.7. The van der Waals surface area contributed by atoms with Gasteiger partial charge in [-0.3, -0.25) is 4.79 Å². The van der Waals surface area contributed by atoms with Crippen molar-refractivity contribution in [3.63, 3.8) is 0 Å². The van der Waals surface area contributed by atoms with Crippen molar-refractivity contribution >= 4 is 5.91 Å². The molecule has 0 spiro atoms. The Morgan fingerprint density at radius 2 is 1.81 bits per heavy atom. The number of hydrogen-bond acceptors (Lipinski definition) is 2. The van der Waals surface area contributed by atoms with Gasteiger partial charge >= 0.3 is 0 Å². The molecule has 4 rings (SSSR count). The Labute approximate surface area is 156 Å². The molecule has 3 heteroatoms. The van der Waals surface area contributed by atoms with Gasteiger partial charge in [-0.2, -0.15) is 0 Å². The van der Waals surface area contributed by atoms with Crippen molar-refractivity contribution in [3.05, 3.63) is 60.2 Å². The van der Waals surface area contributed by atoms with Crippen LogP contribution in [0, 0.1) is 11.3 Å². The number of carbonyl (C=O) groups is 1. The summed E-state index contributed by atoms with van der Waals surface area (Å²) in [6.45, 7) is 5.17. The summed E-state index contributed by atoms with van der Waals surface area (Å²) in [4.78, 5) is 15.0. The molecule has 2 aliphatic rings. The van der Waals surface area contributed by atoms with Gasteiger partial charge in [0.05, 0.1) is 6.04 Å². The van der Waals surface area contributed by atoms with Crippen LogP contribution in [0.25, 0.3) is 11.1 Å². The van der Waals surface area contributed by atoms with E-state index in [0.717, 1.165) is 25.8 Å². The number of nitrogens with zero attached hydrogens (tertiary/aromatic N) is 1. The van der Waals surface area contributed by atoms with E-state index in [1.165, 1.54) is 16.7 Å². The first-order valence-corrected chi connectivity index (χ1v) is 9.66. The average Bonchev–Trinajstić information content (AvgIpc) is 3.14. The van der Waals surface area contributed by atoms with Gasteiger partial charge in [-0.15, -0.1) is 0 Å². The molecule has 2 aromatic carbocycles. The highest BCUT2D eigenvalue weighted by molar-refractivity contribution is 5.83. The number of likely N-dealkylation sites (tertiary alicyclic amines) is 1. The predicted octanol–water partition coefficient (Wildman–Crippen LogP) is 3.87. The minimum atomic E-state index is 0.0705. The molecule has 0 radical (unpaired) electrons. The molecule has 3 nitrogen and oxygen atoms in total. The summed E-state index contributed by atoms with van der Waals surface area (Å²) in [6.07, 6.45) is 2.75. The third kappa shape index (κ3) is 3.28. The molecule has 3 atom stereocenters. The average molecular weight is 348 g/mol. The lowest BCUT2D eigenvalue weighted by atomic mass is 9.96. The molecule has 3 unspecified atom stereocenters. The van der Waals surface area contributed by atoms with Crippen molar-refractivity contribution in [1.82, 2.24) is 4.90 Å². The number of carbonyl (C=O) groups excluding carboxylic acids is 1. The second-order valence-electron chi connectivity index (χ2n) is 8.57. The zero-order valence-corrected chi connectivity index (χ0v) is 15.7. The Morgan fingerprint density at radius 1 is 1.12 bits per heavy atom. The van der Waals surface area contributed by atoms with Crippen molar-refractivity contribution in [2.45, 2.75) is 45.2 Å². The molecule has 1 heterocycles. The SMILES string of the molecule is CC1(C)CC1C(=O)N1CCC(N)C1Cc1cccc(-c2ccccc2)c1. The molecule has 0 aromatic heterocycles. The molecule has 2 fully saturated rings. The maximum absolute atomic E-state index is 12.9. The lowest BCUT2D eigenvalue weighted by Gasteiger charge is -2.28. The van der Waals surface area contributed by atoms with Gasteiger partial charge in [-0.1, -0.05) is 68.4 Å². The molecule has 136 valence electrons. The molecular formula is C23H28N2O. The second kappa shape index (κ2) is 6.55. The minimum absolute atomic E-state index is 0.0705. The largest absolute Gasteiger partial charge is 0.338 e. The van der Waals surface area contributed by atoms with Crippen LogP contribution in [0.1, 0.15) is 32.3 Å². The first-order valence-electron chi connectivity index (χ1n) is 9.66. The van der Waals surface area contributed by atoms with Crippen LogP contribution in [0.2, 0.25) is 0 Å². The molecule has 1 aliphatic heterocycles. The number of rotatable bonds is 4. The van der Waals surface area contributed by atoms with Crippen molar-refractivity contribution in [3.8, 4) is 11.1 Å². The summed E-state index contributed by atoms with van der Waals surface area (Å²) < 4.78 is 0. The van der Waals surface area contributed by atoms with Crippen LogP contribution < -0.4 is 5.73 Å². The van der Waals surface area contributed by atoms with E-state index in [9.17, 15) is 4.79 Å². The number of amides is 1. The Bertz CT molecular complexity index is 799. The molecule has 2 aromatic rings. The van der Waals surface area contributed by atoms with Gasteiger partial charge in [0.1, 0.15) is 0 Å². The van der Waals surface area contributed by atoms with E-state index in [1.807, 2.05) is 6.07 Å². The van der Waals surface area contributed by atoms with E-state index >= 15 is 0 Å². The second-order valence-corrected chi connectivity index (χ2v) is 8.57. The van der Waals surface area contributed by atoms with Crippen LogP contribution in [0.4, 0.5) is 0 Å². The molecule has 0 bridgehead atoms. The van der Waals surface area contributed by atoms with E-state index in [1.54, 1.807) is 0 Å².